The SMILES string of the molecule is O=C(COC(=O)Cn1[nH]c(=O)c2ccccc2c1=O)NC(=O)NCc1ccco1. The fraction of sp³-hybridized carbons (Fsp3) is 0.167. The number of aromatic amines is 1. The zero-order chi connectivity index (χ0) is 20.8. The summed E-state index contributed by atoms with van der Waals surface area (Å²) in [5, 5.41) is 6.97. The van der Waals surface area contributed by atoms with Gasteiger partial charge in [-0.05, 0) is 24.3 Å². The summed E-state index contributed by atoms with van der Waals surface area (Å²) in [4.78, 5) is 59.4. The predicted octanol–water partition coefficient (Wildman–Crippen LogP) is -0.148. The second-order valence-corrected chi connectivity index (χ2v) is 5.85. The van der Waals surface area contributed by atoms with Crippen LogP contribution in [-0.4, -0.2) is 34.3 Å². The van der Waals surface area contributed by atoms with Crippen molar-refractivity contribution in [2.45, 2.75) is 13.1 Å². The van der Waals surface area contributed by atoms with Crippen LogP contribution in [0.1, 0.15) is 5.76 Å². The summed E-state index contributed by atoms with van der Waals surface area (Å²) in [6.07, 6.45) is 1.44. The number of nitrogens with zero attached hydrogens (tertiary/aromatic N) is 1. The Kier molecular flexibility index (Phi) is 5.88. The number of fused-ring (bicyclic) bond motifs is 1. The summed E-state index contributed by atoms with van der Waals surface area (Å²) in [5.74, 6) is -1.31. The first-order valence-electron chi connectivity index (χ1n) is 8.41. The van der Waals surface area contributed by atoms with Crippen molar-refractivity contribution >= 4 is 28.7 Å². The third kappa shape index (κ3) is 4.97. The number of benzene rings is 1. The molecule has 11 heteroatoms. The zero-order valence-corrected chi connectivity index (χ0v) is 15.0. The minimum atomic E-state index is -0.941. The Morgan fingerprint density at radius 2 is 1.83 bits per heavy atom. The Bertz CT molecular complexity index is 1160. The molecule has 3 amide bonds. The molecule has 2 heterocycles. The van der Waals surface area contributed by atoms with E-state index in [4.69, 9.17) is 9.15 Å². The number of esters is 1. The summed E-state index contributed by atoms with van der Waals surface area (Å²) in [5.41, 5.74) is -1.13. The van der Waals surface area contributed by atoms with Crippen LogP contribution >= 0.6 is 0 Å². The number of ether oxygens (including phenoxy) is 1. The Labute approximate surface area is 162 Å². The first kappa shape index (κ1) is 19.6. The molecule has 0 saturated heterocycles. The number of urea groups is 1. The standard InChI is InChI=1S/C18H16N4O7/c23-14(20-18(27)19-8-11-4-3-7-28-11)10-29-15(24)9-22-17(26)13-6-2-1-5-12(13)16(25)21-22/h1-7H,8-10H2,(H,21,25)(H2,19,20,23,27). The summed E-state index contributed by atoms with van der Waals surface area (Å²) in [6, 6.07) is 8.64. The molecule has 0 radical (unpaired) electrons. The maximum absolute atomic E-state index is 12.3. The van der Waals surface area contributed by atoms with Crippen molar-refractivity contribution in [1.29, 1.82) is 0 Å². The van der Waals surface area contributed by atoms with Gasteiger partial charge in [0.1, 0.15) is 12.3 Å². The van der Waals surface area contributed by atoms with E-state index in [0.717, 1.165) is 4.68 Å². The minimum Gasteiger partial charge on any atom is -0.467 e. The number of furan rings is 1. The van der Waals surface area contributed by atoms with Gasteiger partial charge in [0, 0.05) is 0 Å². The highest BCUT2D eigenvalue weighted by Gasteiger charge is 2.14. The number of carbonyl (C=O) groups excluding carboxylic acids is 3. The maximum atomic E-state index is 12.3. The van der Waals surface area contributed by atoms with Gasteiger partial charge in [-0.1, -0.05) is 12.1 Å². The van der Waals surface area contributed by atoms with Crippen LogP contribution in [0.3, 0.4) is 0 Å². The van der Waals surface area contributed by atoms with Gasteiger partial charge >= 0.3 is 12.0 Å². The van der Waals surface area contributed by atoms with E-state index in [2.05, 4.69) is 10.4 Å². The molecule has 3 aromatic rings. The van der Waals surface area contributed by atoms with E-state index in [9.17, 15) is 24.0 Å². The van der Waals surface area contributed by atoms with Crippen molar-refractivity contribution in [2.24, 2.45) is 0 Å². The normalized spacial score (nSPS) is 10.5. The molecule has 0 atom stereocenters. The molecule has 0 aliphatic rings. The van der Waals surface area contributed by atoms with Gasteiger partial charge in [-0.15, -0.1) is 0 Å². The van der Waals surface area contributed by atoms with Gasteiger partial charge in [0.15, 0.2) is 6.61 Å². The number of hydrogen-bond acceptors (Lipinski definition) is 7. The number of hydrogen-bond donors (Lipinski definition) is 3. The largest absolute Gasteiger partial charge is 0.467 e. The Morgan fingerprint density at radius 3 is 2.55 bits per heavy atom. The molecular weight excluding hydrogens is 384 g/mol. The van der Waals surface area contributed by atoms with Crippen LogP contribution in [0.15, 0.2) is 56.7 Å². The topological polar surface area (TPSA) is 152 Å². The van der Waals surface area contributed by atoms with Crippen LogP contribution in [0, 0.1) is 0 Å². The summed E-state index contributed by atoms with van der Waals surface area (Å²) < 4.78 is 10.5. The maximum Gasteiger partial charge on any atom is 0.328 e. The molecule has 150 valence electrons. The van der Waals surface area contributed by atoms with Crippen LogP contribution in [0.4, 0.5) is 4.79 Å². The van der Waals surface area contributed by atoms with Crippen molar-refractivity contribution in [2.75, 3.05) is 6.61 Å². The number of rotatable bonds is 6. The first-order chi connectivity index (χ1) is 13.9. The van der Waals surface area contributed by atoms with Gasteiger partial charge in [-0.25, -0.2) is 9.48 Å². The molecular formula is C18H16N4O7. The lowest BCUT2D eigenvalue weighted by atomic mass is 10.2. The highest BCUT2D eigenvalue weighted by atomic mass is 16.5. The average molecular weight is 400 g/mol. The number of imide groups is 1. The molecule has 0 bridgehead atoms. The molecule has 0 spiro atoms. The lowest BCUT2D eigenvalue weighted by Gasteiger charge is -2.08. The Balaban J connectivity index is 1.51. The number of amides is 3. The van der Waals surface area contributed by atoms with Crippen molar-refractivity contribution in [3.8, 4) is 0 Å². The molecule has 29 heavy (non-hydrogen) atoms. The van der Waals surface area contributed by atoms with Crippen LogP contribution < -0.4 is 21.8 Å². The molecule has 0 aliphatic heterocycles. The predicted molar refractivity (Wildman–Crippen MR) is 98.9 cm³/mol. The number of H-pyrrole nitrogens is 1. The number of carbonyl (C=O) groups is 3. The minimum absolute atomic E-state index is 0.0736. The molecule has 0 fully saturated rings. The van der Waals surface area contributed by atoms with E-state index in [-0.39, 0.29) is 17.3 Å². The van der Waals surface area contributed by atoms with E-state index >= 15 is 0 Å². The van der Waals surface area contributed by atoms with Gasteiger partial charge in [0.2, 0.25) is 0 Å². The highest BCUT2D eigenvalue weighted by Crippen LogP contribution is 2.02. The number of aromatic nitrogens is 2. The van der Waals surface area contributed by atoms with E-state index in [1.165, 1.54) is 18.4 Å². The van der Waals surface area contributed by atoms with Gasteiger partial charge in [0.25, 0.3) is 17.0 Å². The smallest absolute Gasteiger partial charge is 0.328 e. The second-order valence-electron chi connectivity index (χ2n) is 5.85. The average Bonchev–Trinajstić information content (AvgIpc) is 3.22. The molecule has 1 aromatic carbocycles. The van der Waals surface area contributed by atoms with Crippen molar-refractivity contribution in [3.05, 3.63) is 69.1 Å². The Morgan fingerprint density at radius 1 is 1.07 bits per heavy atom. The van der Waals surface area contributed by atoms with E-state index in [1.54, 1.807) is 24.3 Å². The van der Waals surface area contributed by atoms with Crippen LogP contribution in [0.2, 0.25) is 0 Å². The fourth-order valence-electron chi connectivity index (χ4n) is 2.47. The zero-order valence-electron chi connectivity index (χ0n) is 15.0. The van der Waals surface area contributed by atoms with Crippen molar-refractivity contribution in [1.82, 2.24) is 20.4 Å². The van der Waals surface area contributed by atoms with Crippen LogP contribution in [0.25, 0.3) is 10.8 Å². The molecule has 11 nitrogen and oxygen atoms in total. The summed E-state index contributed by atoms with van der Waals surface area (Å²) in [7, 11) is 0. The van der Waals surface area contributed by atoms with E-state index in [0.29, 0.717) is 5.76 Å². The lowest BCUT2D eigenvalue weighted by molar-refractivity contribution is -0.149. The van der Waals surface area contributed by atoms with Crippen LogP contribution in [0.5, 0.6) is 0 Å². The van der Waals surface area contributed by atoms with E-state index in [1.807, 2.05) is 5.32 Å². The first-order valence-corrected chi connectivity index (χ1v) is 8.41. The number of nitrogens with one attached hydrogen (secondary N) is 3. The van der Waals surface area contributed by atoms with Crippen LogP contribution in [-0.2, 0) is 27.4 Å². The molecule has 0 aliphatic carbocycles. The van der Waals surface area contributed by atoms with Crippen molar-refractivity contribution < 1.29 is 23.5 Å². The molecule has 0 saturated carbocycles. The van der Waals surface area contributed by atoms with Gasteiger partial charge in [-0.3, -0.25) is 29.6 Å². The van der Waals surface area contributed by atoms with E-state index < -0.39 is 42.2 Å². The van der Waals surface area contributed by atoms with Gasteiger partial charge in [0.05, 0.1) is 23.6 Å². The van der Waals surface area contributed by atoms with Crippen molar-refractivity contribution in [3.63, 3.8) is 0 Å². The Hall–Kier alpha value is -4.15. The second kappa shape index (κ2) is 8.69. The fourth-order valence-corrected chi connectivity index (χ4v) is 2.47. The molecule has 3 rings (SSSR count). The highest BCUT2D eigenvalue weighted by molar-refractivity contribution is 5.95. The summed E-state index contributed by atoms with van der Waals surface area (Å²) in [6.45, 7) is -1.26. The van der Waals surface area contributed by atoms with Gasteiger partial charge in [-0.2, -0.15) is 0 Å². The molecule has 2 aromatic heterocycles. The summed E-state index contributed by atoms with van der Waals surface area (Å²) >= 11 is 0. The quantitative estimate of drug-likeness (QED) is 0.487. The monoisotopic (exact) mass is 400 g/mol. The molecule has 0 unspecified atom stereocenters. The van der Waals surface area contributed by atoms with Gasteiger partial charge < -0.3 is 14.5 Å². The lowest BCUT2D eigenvalue weighted by Crippen LogP contribution is -2.41. The third-order valence-corrected chi connectivity index (χ3v) is 3.79. The molecule has 3 N–H and O–H groups in total. The third-order valence-electron chi connectivity index (χ3n) is 3.79.